The van der Waals surface area contributed by atoms with Gasteiger partial charge in [0, 0.05) is 34.4 Å². The van der Waals surface area contributed by atoms with Crippen molar-refractivity contribution in [3.05, 3.63) is 101 Å². The van der Waals surface area contributed by atoms with Crippen LogP contribution < -0.4 is 19.7 Å². The van der Waals surface area contributed by atoms with E-state index in [4.69, 9.17) is 33.3 Å². The highest BCUT2D eigenvalue weighted by atomic mass is 35.5. The van der Waals surface area contributed by atoms with E-state index in [-0.39, 0.29) is 12.1 Å². The molecule has 2 aromatic carbocycles. The monoisotopic (exact) mass is 518 g/mol. The Balaban J connectivity index is 1.70. The zero-order chi connectivity index (χ0) is 25.4. The fraction of sp³-hybridized carbons (Fsp3) is 0.214. The third-order valence-electron chi connectivity index (χ3n) is 6.60. The molecule has 0 spiro atoms. The van der Waals surface area contributed by atoms with Crippen LogP contribution in [0.1, 0.15) is 34.7 Å². The molecule has 1 saturated heterocycles. The number of nitrogens with one attached hydrogen (secondary N) is 1. The van der Waals surface area contributed by atoms with Gasteiger partial charge < -0.3 is 24.3 Å². The number of aryl methyl sites for hydroxylation is 1. The second kappa shape index (κ2) is 9.84. The molecule has 0 amide bonds. The lowest BCUT2D eigenvalue weighted by Gasteiger charge is -2.29. The number of halogens is 1. The van der Waals surface area contributed by atoms with Gasteiger partial charge in [-0.25, -0.2) is 0 Å². The zero-order valence-electron chi connectivity index (χ0n) is 20.5. The SMILES string of the molecule is COc1ccc(N2C(=S)NC(c3ccccn3)C2c2cc(C)n(-c3cccc(Cl)c3)c2C)c(OC)c1. The minimum atomic E-state index is -0.172. The van der Waals surface area contributed by atoms with Gasteiger partial charge in [-0.05, 0) is 80.2 Å². The number of benzene rings is 2. The largest absolute Gasteiger partial charge is 0.497 e. The summed E-state index contributed by atoms with van der Waals surface area (Å²) < 4.78 is 13.4. The first-order chi connectivity index (χ1) is 17.4. The number of nitrogens with zero attached hydrogens (tertiary/aromatic N) is 3. The predicted molar refractivity (Wildman–Crippen MR) is 148 cm³/mol. The van der Waals surface area contributed by atoms with Crippen molar-refractivity contribution < 1.29 is 9.47 Å². The molecule has 0 aliphatic carbocycles. The minimum absolute atomic E-state index is 0.168. The molecule has 1 aliphatic heterocycles. The van der Waals surface area contributed by atoms with Crippen LogP contribution >= 0.6 is 23.8 Å². The van der Waals surface area contributed by atoms with Gasteiger partial charge in [0.15, 0.2) is 5.11 Å². The van der Waals surface area contributed by atoms with Crippen LogP contribution in [-0.2, 0) is 0 Å². The number of hydrogen-bond donors (Lipinski definition) is 1. The van der Waals surface area contributed by atoms with Gasteiger partial charge in [0.1, 0.15) is 11.5 Å². The Labute approximate surface area is 221 Å². The lowest BCUT2D eigenvalue weighted by atomic mass is 9.96. The van der Waals surface area contributed by atoms with E-state index in [0.29, 0.717) is 21.6 Å². The third-order valence-corrected chi connectivity index (χ3v) is 7.15. The Morgan fingerprint density at radius 3 is 2.50 bits per heavy atom. The Morgan fingerprint density at radius 2 is 1.81 bits per heavy atom. The molecule has 4 aromatic rings. The van der Waals surface area contributed by atoms with Crippen molar-refractivity contribution in [1.82, 2.24) is 14.9 Å². The molecular weight excluding hydrogens is 492 g/mol. The molecular formula is C28H27ClN4O2S. The predicted octanol–water partition coefficient (Wildman–Crippen LogP) is 6.34. The molecule has 2 atom stereocenters. The summed E-state index contributed by atoms with van der Waals surface area (Å²) in [6.45, 7) is 4.23. The normalized spacial score (nSPS) is 17.2. The van der Waals surface area contributed by atoms with E-state index >= 15 is 0 Å². The van der Waals surface area contributed by atoms with Gasteiger partial charge in [0.25, 0.3) is 0 Å². The van der Waals surface area contributed by atoms with Crippen LogP contribution in [0.2, 0.25) is 5.02 Å². The summed E-state index contributed by atoms with van der Waals surface area (Å²) in [7, 11) is 3.29. The summed E-state index contributed by atoms with van der Waals surface area (Å²) in [4.78, 5) is 6.80. The molecule has 1 N–H and O–H groups in total. The molecule has 5 rings (SSSR count). The summed E-state index contributed by atoms with van der Waals surface area (Å²) in [6, 6.07) is 21.5. The molecule has 1 fully saturated rings. The topological polar surface area (TPSA) is 51.5 Å². The Morgan fingerprint density at radius 1 is 0.972 bits per heavy atom. The minimum Gasteiger partial charge on any atom is -0.497 e. The average Bonchev–Trinajstić information content (AvgIpc) is 3.38. The standard InChI is InChI=1S/C28H27ClN4O2S/c1-17-14-22(18(2)32(17)20-9-7-8-19(29)15-20)27-26(23-10-5-6-13-30-23)31-28(36)33(27)24-12-11-21(34-3)16-25(24)35-4/h5-16,26-27H,1-4H3,(H,31,36). The molecule has 1 aliphatic rings. The highest BCUT2D eigenvalue weighted by molar-refractivity contribution is 7.80. The second-order valence-corrected chi connectivity index (χ2v) is 9.50. The van der Waals surface area contributed by atoms with Gasteiger partial charge in [0.05, 0.1) is 37.7 Å². The maximum absolute atomic E-state index is 6.34. The van der Waals surface area contributed by atoms with Gasteiger partial charge >= 0.3 is 0 Å². The van der Waals surface area contributed by atoms with E-state index in [9.17, 15) is 0 Å². The van der Waals surface area contributed by atoms with E-state index in [0.717, 1.165) is 34.0 Å². The summed E-state index contributed by atoms with van der Waals surface area (Å²) in [5.74, 6) is 1.39. The van der Waals surface area contributed by atoms with Crippen molar-refractivity contribution in [1.29, 1.82) is 0 Å². The third kappa shape index (κ3) is 4.18. The number of pyridine rings is 1. The molecule has 0 bridgehead atoms. The van der Waals surface area contributed by atoms with Gasteiger partial charge in [-0.15, -0.1) is 0 Å². The quantitative estimate of drug-likeness (QED) is 0.301. The number of aromatic nitrogens is 2. The van der Waals surface area contributed by atoms with E-state index < -0.39 is 0 Å². The van der Waals surface area contributed by atoms with Gasteiger partial charge in [0.2, 0.25) is 0 Å². The average molecular weight is 519 g/mol. The van der Waals surface area contributed by atoms with Crippen LogP contribution in [0.15, 0.2) is 72.9 Å². The highest BCUT2D eigenvalue weighted by Crippen LogP contribution is 2.46. The number of anilines is 1. The zero-order valence-corrected chi connectivity index (χ0v) is 22.1. The van der Waals surface area contributed by atoms with Crippen molar-refractivity contribution in [2.45, 2.75) is 25.9 Å². The summed E-state index contributed by atoms with van der Waals surface area (Å²) in [6.07, 6.45) is 1.81. The Bertz CT molecular complexity index is 1420. The van der Waals surface area contributed by atoms with Gasteiger partial charge in [-0.1, -0.05) is 23.7 Å². The first-order valence-corrected chi connectivity index (χ1v) is 12.4. The molecule has 6 nitrogen and oxygen atoms in total. The fourth-order valence-corrected chi connectivity index (χ4v) is 5.54. The summed E-state index contributed by atoms with van der Waals surface area (Å²) in [5.41, 5.74) is 6.11. The van der Waals surface area contributed by atoms with E-state index in [1.54, 1.807) is 14.2 Å². The maximum Gasteiger partial charge on any atom is 0.174 e. The molecule has 3 heterocycles. The smallest absolute Gasteiger partial charge is 0.174 e. The Kier molecular flexibility index (Phi) is 6.60. The van der Waals surface area contributed by atoms with Crippen molar-refractivity contribution in [2.24, 2.45) is 0 Å². The van der Waals surface area contributed by atoms with Crippen LogP contribution in [0.5, 0.6) is 11.5 Å². The number of methoxy groups -OCH3 is 2. The number of rotatable bonds is 6. The van der Waals surface area contributed by atoms with E-state index in [1.165, 1.54) is 0 Å². The van der Waals surface area contributed by atoms with E-state index in [1.807, 2.05) is 60.8 Å². The first-order valence-electron chi connectivity index (χ1n) is 11.6. The number of thiocarbonyl (C=S) groups is 1. The van der Waals surface area contributed by atoms with Crippen LogP contribution in [0, 0.1) is 13.8 Å². The van der Waals surface area contributed by atoms with Crippen LogP contribution in [0.25, 0.3) is 5.69 Å². The molecule has 0 saturated carbocycles. The maximum atomic E-state index is 6.34. The van der Waals surface area contributed by atoms with Crippen LogP contribution in [0.3, 0.4) is 0 Å². The van der Waals surface area contributed by atoms with Crippen LogP contribution in [-0.4, -0.2) is 28.9 Å². The molecule has 0 radical (unpaired) electrons. The molecule has 184 valence electrons. The molecule has 2 unspecified atom stereocenters. The van der Waals surface area contributed by atoms with Crippen molar-refractivity contribution in [3.8, 4) is 17.2 Å². The number of ether oxygens (including phenoxy) is 2. The van der Waals surface area contributed by atoms with Crippen LogP contribution in [0.4, 0.5) is 5.69 Å². The lowest BCUT2D eigenvalue weighted by Crippen LogP contribution is -2.30. The summed E-state index contributed by atoms with van der Waals surface area (Å²) in [5, 5.41) is 4.83. The van der Waals surface area contributed by atoms with E-state index in [2.05, 4.69) is 45.7 Å². The van der Waals surface area contributed by atoms with Crippen molar-refractivity contribution in [3.63, 3.8) is 0 Å². The Hall–Kier alpha value is -3.55. The number of hydrogen-bond acceptors (Lipinski definition) is 4. The van der Waals surface area contributed by atoms with Crippen molar-refractivity contribution in [2.75, 3.05) is 19.1 Å². The van der Waals surface area contributed by atoms with Crippen molar-refractivity contribution >= 4 is 34.6 Å². The highest BCUT2D eigenvalue weighted by Gasteiger charge is 2.43. The second-order valence-electron chi connectivity index (χ2n) is 8.68. The fourth-order valence-electron chi connectivity index (χ4n) is 5.01. The molecule has 8 heteroatoms. The molecule has 36 heavy (non-hydrogen) atoms. The van der Waals surface area contributed by atoms with Gasteiger partial charge in [-0.2, -0.15) is 0 Å². The summed E-state index contributed by atoms with van der Waals surface area (Å²) >= 11 is 12.3. The molecule has 2 aromatic heterocycles. The van der Waals surface area contributed by atoms with Gasteiger partial charge in [-0.3, -0.25) is 4.98 Å². The first kappa shape index (κ1) is 24.2. The lowest BCUT2D eigenvalue weighted by molar-refractivity contribution is 0.394.